The van der Waals surface area contributed by atoms with E-state index in [-0.39, 0.29) is 5.41 Å². The van der Waals surface area contributed by atoms with Crippen molar-refractivity contribution in [1.82, 2.24) is 15.0 Å². The molecular weight excluding hydrogens is 631 g/mol. The molecule has 4 aliphatic rings. The van der Waals surface area contributed by atoms with Crippen LogP contribution in [0.1, 0.15) is 60.1 Å². The fraction of sp³-hybridized carbons (Fsp3) is 0.178. The molecule has 1 unspecified atom stereocenters. The van der Waals surface area contributed by atoms with Crippen LogP contribution < -0.4 is 0 Å². The second-order valence-corrected chi connectivity index (χ2v) is 15.0. The van der Waals surface area contributed by atoms with Crippen molar-refractivity contribution in [2.24, 2.45) is 5.92 Å². The Bertz CT molecular complexity index is 2460. The van der Waals surface area contributed by atoms with E-state index in [1.54, 1.807) is 11.8 Å². The normalized spacial score (nSPS) is 18.2. The van der Waals surface area contributed by atoms with Gasteiger partial charge < -0.3 is 4.42 Å². The summed E-state index contributed by atoms with van der Waals surface area (Å²) in [5.74, 6) is 1.97. The molecule has 3 heterocycles. The number of hydrogen-bond donors (Lipinski definition) is 0. The van der Waals surface area contributed by atoms with Gasteiger partial charge in [0.25, 0.3) is 0 Å². The maximum Gasteiger partial charge on any atom is 0.163 e. The highest BCUT2D eigenvalue weighted by atomic mass is 32.2. The Labute approximate surface area is 296 Å². The molecule has 6 aromatic rings. The first-order valence-electron chi connectivity index (χ1n) is 17.7. The third-order valence-electron chi connectivity index (χ3n) is 11.1. The number of benzene rings is 3. The minimum Gasteiger partial charge on any atom is -0.456 e. The van der Waals surface area contributed by atoms with Crippen molar-refractivity contribution in [2.45, 2.75) is 49.3 Å². The zero-order valence-electron chi connectivity index (χ0n) is 27.9. The summed E-state index contributed by atoms with van der Waals surface area (Å²) in [5.41, 5.74) is 13.3. The highest BCUT2D eigenvalue weighted by molar-refractivity contribution is 8.03. The molecule has 4 nitrogen and oxygen atoms in total. The monoisotopic (exact) mass is 665 g/mol. The van der Waals surface area contributed by atoms with Crippen LogP contribution in [0.5, 0.6) is 0 Å². The highest BCUT2D eigenvalue weighted by Gasteiger charge is 2.44. The summed E-state index contributed by atoms with van der Waals surface area (Å²) in [5, 5.41) is 1.07. The molecule has 1 spiro atoms. The van der Waals surface area contributed by atoms with Crippen LogP contribution in [0.2, 0.25) is 0 Å². The number of fused-ring (bicyclic) bond motifs is 7. The first-order valence-corrected chi connectivity index (χ1v) is 18.5. The lowest BCUT2D eigenvalue weighted by atomic mass is 9.68. The predicted octanol–water partition coefficient (Wildman–Crippen LogP) is 11.8. The van der Waals surface area contributed by atoms with E-state index in [0.717, 1.165) is 44.0 Å². The van der Waals surface area contributed by atoms with E-state index in [0.29, 0.717) is 11.7 Å². The number of aryl methyl sites for hydroxylation is 1. The van der Waals surface area contributed by atoms with Crippen molar-refractivity contribution in [3.63, 3.8) is 0 Å². The molecule has 4 aliphatic carbocycles. The van der Waals surface area contributed by atoms with Gasteiger partial charge in [-0.05, 0) is 83.5 Å². The van der Waals surface area contributed by atoms with Crippen LogP contribution in [0, 0.1) is 12.8 Å². The molecule has 3 aromatic carbocycles. The van der Waals surface area contributed by atoms with Crippen LogP contribution in [-0.2, 0) is 5.41 Å². The van der Waals surface area contributed by atoms with Gasteiger partial charge in [-0.15, -0.1) is 0 Å². The quantitative estimate of drug-likeness (QED) is 0.177. The third-order valence-corrected chi connectivity index (χ3v) is 12.1. The summed E-state index contributed by atoms with van der Waals surface area (Å²) < 4.78 is 6.71. The molecule has 0 N–H and O–H groups in total. The smallest absolute Gasteiger partial charge is 0.163 e. The molecule has 242 valence electrons. The van der Waals surface area contributed by atoms with Crippen LogP contribution in [0.3, 0.4) is 0 Å². The summed E-state index contributed by atoms with van der Waals surface area (Å²) in [4.78, 5) is 16.6. The molecule has 0 saturated heterocycles. The summed E-state index contributed by atoms with van der Waals surface area (Å²) in [7, 11) is 0. The van der Waals surface area contributed by atoms with Gasteiger partial charge in [0.15, 0.2) is 5.82 Å². The largest absolute Gasteiger partial charge is 0.456 e. The van der Waals surface area contributed by atoms with Crippen LogP contribution in [0.15, 0.2) is 135 Å². The van der Waals surface area contributed by atoms with Gasteiger partial charge in [-0.25, -0.2) is 9.97 Å². The van der Waals surface area contributed by atoms with E-state index in [4.69, 9.17) is 14.4 Å². The van der Waals surface area contributed by atoms with E-state index >= 15 is 0 Å². The molecule has 5 heteroatoms. The van der Waals surface area contributed by atoms with Crippen LogP contribution in [0.4, 0.5) is 0 Å². The molecule has 10 rings (SSSR count). The maximum atomic E-state index is 6.71. The summed E-state index contributed by atoms with van der Waals surface area (Å²) in [6, 6.07) is 26.3. The van der Waals surface area contributed by atoms with Crippen molar-refractivity contribution in [3.05, 3.63) is 154 Å². The molecule has 0 amide bonds. The van der Waals surface area contributed by atoms with Gasteiger partial charge in [0.1, 0.15) is 11.3 Å². The Kier molecular flexibility index (Phi) is 6.92. The SMILES string of the molecule is Cc1c(/C=C/c2cccc3c2-c2ccccc2C32CCCCC2)oc2c(-c3ncc(SC4=CC5C=C5C=C4)c(-c4ccncc4)n3)cccc12. The van der Waals surface area contributed by atoms with E-state index in [1.165, 1.54) is 70.4 Å². The number of para-hydroxylation sites is 1. The van der Waals surface area contributed by atoms with E-state index in [9.17, 15) is 0 Å². The molecule has 50 heavy (non-hydrogen) atoms. The minimum absolute atomic E-state index is 0.142. The lowest BCUT2D eigenvalue weighted by Crippen LogP contribution is -2.27. The lowest BCUT2D eigenvalue weighted by molar-refractivity contribution is 0.353. The maximum absolute atomic E-state index is 6.71. The summed E-state index contributed by atoms with van der Waals surface area (Å²) in [6.45, 7) is 2.14. The number of furan rings is 1. The Morgan fingerprint density at radius 3 is 2.52 bits per heavy atom. The van der Waals surface area contributed by atoms with Gasteiger partial charge in [-0.2, -0.15) is 0 Å². The Balaban J connectivity index is 1.04. The van der Waals surface area contributed by atoms with Crippen LogP contribution >= 0.6 is 11.8 Å². The molecular formula is C45H35N3OS. The molecule has 1 fully saturated rings. The van der Waals surface area contributed by atoms with Crippen molar-refractivity contribution in [2.75, 3.05) is 0 Å². The molecule has 0 aliphatic heterocycles. The van der Waals surface area contributed by atoms with E-state index in [1.807, 2.05) is 30.7 Å². The van der Waals surface area contributed by atoms with Gasteiger partial charge in [-0.1, -0.05) is 110 Å². The van der Waals surface area contributed by atoms with Gasteiger partial charge >= 0.3 is 0 Å². The standard InChI is InChI=1S/C45H35N3OS/c1-28-34-11-8-12-36(44-47-27-40(42(48-44)30-19-23-46-24-20-30)50-33-17-15-31-25-32(31)26-33)43(34)49-39(28)18-16-29-9-7-14-38-41(29)35-10-3-4-13-37(35)45(38)21-5-2-6-22-45/h3-4,7-20,23-27,32H,2,5-6,21-22H2,1H3/b18-16+. The first-order chi connectivity index (χ1) is 24.7. The van der Waals surface area contributed by atoms with Crippen LogP contribution in [0.25, 0.3) is 56.9 Å². The Hall–Kier alpha value is -5.26. The molecule has 1 saturated carbocycles. The highest BCUT2D eigenvalue weighted by Crippen LogP contribution is 2.56. The second-order valence-electron chi connectivity index (χ2n) is 13.9. The van der Waals surface area contributed by atoms with Crippen molar-refractivity contribution < 1.29 is 4.42 Å². The molecule has 0 radical (unpaired) electrons. The summed E-state index contributed by atoms with van der Waals surface area (Å²) >= 11 is 1.71. The molecule has 1 atom stereocenters. The van der Waals surface area contributed by atoms with Crippen molar-refractivity contribution in [3.8, 4) is 33.8 Å². The summed E-state index contributed by atoms with van der Waals surface area (Å²) in [6.07, 6.45) is 25.3. The average molecular weight is 666 g/mol. The van der Waals surface area contributed by atoms with Gasteiger partial charge in [0, 0.05) is 51.3 Å². The van der Waals surface area contributed by atoms with Crippen LogP contribution in [-0.4, -0.2) is 15.0 Å². The Morgan fingerprint density at radius 2 is 1.64 bits per heavy atom. The predicted molar refractivity (Wildman–Crippen MR) is 205 cm³/mol. The fourth-order valence-corrected chi connectivity index (χ4v) is 9.47. The number of pyridine rings is 1. The van der Waals surface area contributed by atoms with E-state index in [2.05, 4.69) is 109 Å². The zero-order chi connectivity index (χ0) is 33.2. The first kappa shape index (κ1) is 29.6. The lowest BCUT2D eigenvalue weighted by Gasteiger charge is -2.36. The van der Waals surface area contributed by atoms with Gasteiger partial charge in [0.05, 0.1) is 16.2 Å². The number of hydrogen-bond acceptors (Lipinski definition) is 5. The van der Waals surface area contributed by atoms with E-state index < -0.39 is 0 Å². The van der Waals surface area contributed by atoms with Gasteiger partial charge in [0.2, 0.25) is 0 Å². The number of nitrogens with zero attached hydrogens (tertiary/aromatic N) is 3. The molecule has 0 bridgehead atoms. The Morgan fingerprint density at radius 1 is 0.820 bits per heavy atom. The van der Waals surface area contributed by atoms with Gasteiger partial charge in [-0.3, -0.25) is 4.98 Å². The fourth-order valence-electron chi connectivity index (χ4n) is 8.50. The number of rotatable bonds is 6. The average Bonchev–Trinajstić information content (AvgIpc) is 3.81. The topological polar surface area (TPSA) is 51.8 Å². The second kappa shape index (κ2) is 11.7. The number of allylic oxidation sites excluding steroid dienone is 5. The number of thioether (sulfide) groups is 1. The van der Waals surface area contributed by atoms with Crippen molar-refractivity contribution >= 4 is 34.9 Å². The molecule has 3 aromatic heterocycles. The number of aromatic nitrogens is 3. The zero-order valence-corrected chi connectivity index (χ0v) is 28.7. The van der Waals surface area contributed by atoms with Crippen molar-refractivity contribution in [1.29, 1.82) is 0 Å². The minimum atomic E-state index is 0.142. The third kappa shape index (κ3) is 4.79.